The molecule has 22 heavy (non-hydrogen) atoms. The summed E-state index contributed by atoms with van der Waals surface area (Å²) in [4.78, 5) is 10.2. The van der Waals surface area contributed by atoms with Gasteiger partial charge in [-0.2, -0.15) is 4.31 Å². The van der Waals surface area contributed by atoms with E-state index in [1.165, 1.54) is 17.3 Å². The van der Waals surface area contributed by atoms with Crippen LogP contribution in [0.5, 0.6) is 0 Å². The molecule has 0 radical (unpaired) electrons. The standard InChI is InChI=1S/C12H16ClN3O4S.ClH/c1-8-11(13)5-10(6-12(8)16(17)18)21(19,20)15-4-3-9(7-15)14-2;/h5-6,9,14H,3-4,7H2,1-2H3;1H. The summed E-state index contributed by atoms with van der Waals surface area (Å²) in [5.74, 6) is 0. The molecule has 1 aromatic rings. The molecule has 10 heteroatoms. The number of hydrogen-bond acceptors (Lipinski definition) is 5. The molecule has 0 amide bonds. The average Bonchev–Trinajstić information content (AvgIpc) is 2.90. The Balaban J connectivity index is 0.00000242. The Morgan fingerprint density at radius 2 is 2.09 bits per heavy atom. The van der Waals surface area contributed by atoms with E-state index in [2.05, 4.69) is 5.32 Å². The van der Waals surface area contributed by atoms with Crippen LogP contribution in [-0.4, -0.2) is 43.8 Å². The van der Waals surface area contributed by atoms with E-state index in [9.17, 15) is 18.5 Å². The number of hydrogen-bond donors (Lipinski definition) is 1. The number of benzene rings is 1. The summed E-state index contributed by atoms with van der Waals surface area (Å²) in [5, 5.41) is 14.1. The maximum absolute atomic E-state index is 12.6. The summed E-state index contributed by atoms with van der Waals surface area (Å²) in [6, 6.07) is 2.44. The van der Waals surface area contributed by atoms with E-state index in [4.69, 9.17) is 11.6 Å². The maximum atomic E-state index is 12.6. The molecule has 1 heterocycles. The molecule has 1 aromatic carbocycles. The minimum Gasteiger partial charge on any atom is -0.316 e. The van der Waals surface area contributed by atoms with E-state index in [0.29, 0.717) is 19.5 Å². The lowest BCUT2D eigenvalue weighted by Crippen LogP contribution is -2.33. The predicted octanol–water partition coefficient (Wildman–Crippen LogP) is 1.96. The minimum atomic E-state index is -3.77. The Morgan fingerprint density at radius 1 is 1.45 bits per heavy atom. The number of nitro benzene ring substituents is 1. The predicted molar refractivity (Wildman–Crippen MR) is 86.3 cm³/mol. The Morgan fingerprint density at radius 3 is 2.59 bits per heavy atom. The van der Waals surface area contributed by atoms with E-state index in [0.717, 1.165) is 6.07 Å². The van der Waals surface area contributed by atoms with Crippen LogP contribution in [0.25, 0.3) is 0 Å². The molecule has 0 aliphatic carbocycles. The van der Waals surface area contributed by atoms with Crippen molar-refractivity contribution in [1.29, 1.82) is 0 Å². The third kappa shape index (κ3) is 3.52. The Kier molecular flexibility index (Phi) is 6.17. The fraction of sp³-hybridized carbons (Fsp3) is 0.500. The zero-order chi connectivity index (χ0) is 15.8. The third-order valence-electron chi connectivity index (χ3n) is 3.68. The highest BCUT2D eigenvalue weighted by Crippen LogP contribution is 2.31. The van der Waals surface area contributed by atoms with Crippen molar-refractivity contribution in [2.45, 2.75) is 24.3 Å². The van der Waals surface area contributed by atoms with Crippen LogP contribution in [0.2, 0.25) is 5.02 Å². The van der Waals surface area contributed by atoms with Gasteiger partial charge in [0.05, 0.1) is 14.8 Å². The largest absolute Gasteiger partial charge is 0.316 e. The topological polar surface area (TPSA) is 92.6 Å². The molecule has 1 aliphatic heterocycles. The van der Waals surface area contributed by atoms with Crippen molar-refractivity contribution in [2.24, 2.45) is 0 Å². The van der Waals surface area contributed by atoms with E-state index in [1.807, 2.05) is 0 Å². The molecule has 0 bridgehead atoms. The van der Waals surface area contributed by atoms with Crippen LogP contribution in [0.3, 0.4) is 0 Å². The highest BCUT2D eigenvalue weighted by Gasteiger charge is 2.33. The fourth-order valence-corrected chi connectivity index (χ4v) is 4.14. The van der Waals surface area contributed by atoms with Gasteiger partial charge in [-0.25, -0.2) is 8.42 Å². The zero-order valence-corrected chi connectivity index (χ0v) is 14.5. The van der Waals surface area contributed by atoms with Crippen molar-refractivity contribution in [1.82, 2.24) is 9.62 Å². The molecule has 0 spiro atoms. The van der Waals surface area contributed by atoms with E-state index in [-0.39, 0.29) is 39.6 Å². The molecular weight excluding hydrogens is 353 g/mol. The molecule has 1 N–H and O–H groups in total. The first-order chi connectivity index (χ1) is 9.77. The minimum absolute atomic E-state index is 0. The summed E-state index contributed by atoms with van der Waals surface area (Å²) in [6.07, 6.45) is 0.706. The summed E-state index contributed by atoms with van der Waals surface area (Å²) >= 11 is 5.93. The van der Waals surface area contributed by atoms with Crippen LogP contribution in [0, 0.1) is 17.0 Å². The normalized spacial score (nSPS) is 19.0. The second kappa shape index (κ2) is 7.10. The van der Waals surface area contributed by atoms with Crippen LogP contribution in [0.1, 0.15) is 12.0 Å². The zero-order valence-electron chi connectivity index (χ0n) is 12.1. The molecule has 1 unspecified atom stereocenters. The number of likely N-dealkylation sites (N-methyl/N-ethyl adjacent to an activating group) is 1. The lowest BCUT2D eigenvalue weighted by molar-refractivity contribution is -0.385. The van der Waals surface area contributed by atoms with Crippen LogP contribution in [0.15, 0.2) is 17.0 Å². The van der Waals surface area contributed by atoms with Gasteiger partial charge in [-0.15, -0.1) is 12.4 Å². The highest BCUT2D eigenvalue weighted by atomic mass is 35.5. The van der Waals surface area contributed by atoms with Gasteiger partial charge in [0, 0.05) is 30.8 Å². The van der Waals surface area contributed by atoms with Crippen LogP contribution >= 0.6 is 24.0 Å². The quantitative estimate of drug-likeness (QED) is 0.646. The maximum Gasteiger partial charge on any atom is 0.275 e. The number of nitrogens with zero attached hydrogens (tertiary/aromatic N) is 2. The molecule has 7 nitrogen and oxygen atoms in total. The van der Waals surface area contributed by atoms with Gasteiger partial charge >= 0.3 is 0 Å². The van der Waals surface area contributed by atoms with Crippen LogP contribution in [-0.2, 0) is 10.0 Å². The lowest BCUT2D eigenvalue weighted by atomic mass is 10.2. The second-order valence-electron chi connectivity index (χ2n) is 4.94. The van der Waals surface area contributed by atoms with Gasteiger partial charge in [-0.3, -0.25) is 10.1 Å². The Labute approximate surface area is 140 Å². The van der Waals surface area contributed by atoms with Gasteiger partial charge in [0.1, 0.15) is 0 Å². The number of nitrogens with one attached hydrogen (secondary N) is 1. The molecule has 0 aromatic heterocycles. The van der Waals surface area contributed by atoms with Crippen molar-refractivity contribution in [3.05, 3.63) is 32.8 Å². The lowest BCUT2D eigenvalue weighted by Gasteiger charge is -2.17. The number of halogens is 2. The van der Waals surface area contributed by atoms with Gasteiger partial charge < -0.3 is 5.32 Å². The summed E-state index contributed by atoms with van der Waals surface area (Å²) in [7, 11) is -2.00. The first-order valence-electron chi connectivity index (χ1n) is 6.39. The molecule has 1 fully saturated rings. The SMILES string of the molecule is CNC1CCN(S(=O)(=O)c2cc(Cl)c(C)c([N+](=O)[O-])c2)C1.Cl. The molecule has 0 saturated carbocycles. The van der Waals surface area contributed by atoms with Gasteiger partial charge in [0.15, 0.2) is 0 Å². The highest BCUT2D eigenvalue weighted by molar-refractivity contribution is 7.89. The van der Waals surface area contributed by atoms with Crippen molar-refractivity contribution in [2.75, 3.05) is 20.1 Å². The van der Waals surface area contributed by atoms with Gasteiger partial charge in [0.25, 0.3) is 5.69 Å². The van der Waals surface area contributed by atoms with Crippen LogP contribution < -0.4 is 5.32 Å². The first kappa shape index (κ1) is 19.1. The van der Waals surface area contributed by atoms with Crippen molar-refractivity contribution in [3.63, 3.8) is 0 Å². The molecule has 1 atom stereocenters. The van der Waals surface area contributed by atoms with Gasteiger partial charge in [0.2, 0.25) is 10.0 Å². The summed E-state index contributed by atoms with van der Waals surface area (Å²) in [6.45, 7) is 2.22. The van der Waals surface area contributed by atoms with Crippen molar-refractivity contribution >= 4 is 39.7 Å². The Hall–Kier alpha value is -0.930. The first-order valence-corrected chi connectivity index (χ1v) is 8.21. The van der Waals surface area contributed by atoms with Gasteiger partial charge in [-0.1, -0.05) is 11.6 Å². The molecule has 1 aliphatic rings. The molecule has 2 rings (SSSR count). The molecule has 1 saturated heterocycles. The summed E-state index contributed by atoms with van der Waals surface area (Å²) < 4.78 is 26.4. The van der Waals surface area contributed by atoms with E-state index < -0.39 is 14.9 Å². The average molecular weight is 370 g/mol. The van der Waals surface area contributed by atoms with Crippen molar-refractivity contribution in [3.8, 4) is 0 Å². The monoisotopic (exact) mass is 369 g/mol. The molecule has 124 valence electrons. The van der Waals surface area contributed by atoms with E-state index >= 15 is 0 Å². The number of rotatable bonds is 4. The van der Waals surface area contributed by atoms with Crippen LogP contribution in [0.4, 0.5) is 5.69 Å². The smallest absolute Gasteiger partial charge is 0.275 e. The number of sulfonamides is 1. The fourth-order valence-electron chi connectivity index (χ4n) is 2.31. The third-order valence-corrected chi connectivity index (χ3v) is 5.92. The van der Waals surface area contributed by atoms with E-state index in [1.54, 1.807) is 7.05 Å². The Bertz CT molecular complexity index is 681. The second-order valence-corrected chi connectivity index (χ2v) is 7.29. The number of nitro groups is 1. The molecular formula is C12H17Cl2N3O4S. The van der Waals surface area contributed by atoms with Gasteiger partial charge in [-0.05, 0) is 26.5 Å². The van der Waals surface area contributed by atoms with Crippen molar-refractivity contribution < 1.29 is 13.3 Å². The summed E-state index contributed by atoms with van der Waals surface area (Å²) in [5.41, 5.74) is -0.0272.